The quantitative estimate of drug-likeness (QED) is 0.356. The molecule has 1 saturated heterocycles. The Morgan fingerprint density at radius 3 is 2.40 bits per heavy atom. The Bertz CT molecular complexity index is 823. The Kier molecular flexibility index (Phi) is 9.16. The fraction of sp³-hybridized carbons (Fsp3) is 0.409. The molecule has 2 N–H and O–H groups in total. The summed E-state index contributed by atoms with van der Waals surface area (Å²) in [5.41, 5.74) is 8.48. The number of likely N-dealkylation sites (N-methyl/N-ethyl adjacent to an activating group) is 1. The van der Waals surface area contributed by atoms with E-state index in [2.05, 4.69) is 25.8 Å². The highest BCUT2D eigenvalue weighted by Crippen LogP contribution is 2.23. The summed E-state index contributed by atoms with van der Waals surface area (Å²) in [5, 5.41) is 0. The summed E-state index contributed by atoms with van der Waals surface area (Å²) in [7, 11) is 5.75. The molecule has 0 radical (unpaired) electrons. The minimum atomic E-state index is -0.213. The van der Waals surface area contributed by atoms with E-state index >= 15 is 0 Å². The molecule has 8 heteroatoms. The lowest BCUT2D eigenvalue weighted by molar-refractivity contribution is 0.303. The summed E-state index contributed by atoms with van der Waals surface area (Å²) in [6.45, 7) is 3.81. The van der Waals surface area contributed by atoms with Gasteiger partial charge in [0.2, 0.25) is 0 Å². The van der Waals surface area contributed by atoms with E-state index in [0.29, 0.717) is 12.5 Å². The summed E-state index contributed by atoms with van der Waals surface area (Å²) in [6, 6.07) is 14.8. The maximum atomic E-state index is 13.1. The maximum absolute atomic E-state index is 13.1. The van der Waals surface area contributed by atoms with Gasteiger partial charge in [-0.25, -0.2) is 4.39 Å². The third-order valence-corrected chi connectivity index (χ3v) is 5.32. The molecule has 0 aliphatic carbocycles. The summed E-state index contributed by atoms with van der Waals surface area (Å²) >= 11 is 0. The fourth-order valence-electron chi connectivity index (χ4n) is 3.54. The molecule has 1 heterocycles. The van der Waals surface area contributed by atoms with Gasteiger partial charge in [0.15, 0.2) is 5.96 Å². The van der Waals surface area contributed by atoms with Crippen molar-refractivity contribution in [3.8, 4) is 5.75 Å². The molecule has 1 aliphatic rings. The highest BCUT2D eigenvalue weighted by molar-refractivity contribution is 14.0. The number of halogens is 2. The van der Waals surface area contributed by atoms with Crippen LogP contribution >= 0.6 is 24.0 Å². The Hall–Kier alpha value is -2.07. The normalized spacial score (nSPS) is 15.7. The Morgan fingerprint density at radius 2 is 1.80 bits per heavy atom. The van der Waals surface area contributed by atoms with Crippen LogP contribution in [0.5, 0.6) is 5.75 Å². The summed E-state index contributed by atoms with van der Waals surface area (Å²) in [4.78, 5) is 11.2. The number of nitrogens with zero attached hydrogens (tertiary/aromatic N) is 4. The molecule has 164 valence electrons. The third kappa shape index (κ3) is 6.21. The summed E-state index contributed by atoms with van der Waals surface area (Å²) in [6.07, 6.45) is 0. The van der Waals surface area contributed by atoms with Crippen LogP contribution in [0.1, 0.15) is 11.6 Å². The first-order valence-electron chi connectivity index (χ1n) is 9.83. The van der Waals surface area contributed by atoms with Gasteiger partial charge in [0.1, 0.15) is 11.6 Å². The average Bonchev–Trinajstić information content (AvgIpc) is 2.74. The number of ether oxygens (including phenoxy) is 1. The molecule has 6 nitrogen and oxygen atoms in total. The van der Waals surface area contributed by atoms with E-state index in [0.717, 1.165) is 43.2 Å². The minimum Gasteiger partial charge on any atom is -0.497 e. The van der Waals surface area contributed by atoms with Gasteiger partial charge >= 0.3 is 0 Å². The standard InChI is InChI=1S/C22H30FN5O.HI/c1-26(2)21(17-5-4-6-20(15-17)29-3)16-25-22(24)28-13-11-27(12-14-28)19-9-7-18(23)8-10-19;/h4-10,15,21H,11-14,16H2,1-3H3,(H2,24,25);1H. The van der Waals surface area contributed by atoms with Crippen LogP contribution in [0.4, 0.5) is 10.1 Å². The van der Waals surface area contributed by atoms with Gasteiger partial charge < -0.3 is 25.2 Å². The van der Waals surface area contributed by atoms with E-state index < -0.39 is 0 Å². The van der Waals surface area contributed by atoms with Crippen molar-refractivity contribution in [1.29, 1.82) is 0 Å². The van der Waals surface area contributed by atoms with E-state index in [1.165, 1.54) is 12.1 Å². The molecule has 1 aliphatic heterocycles. The van der Waals surface area contributed by atoms with Crippen molar-refractivity contribution < 1.29 is 9.13 Å². The first-order chi connectivity index (χ1) is 14.0. The van der Waals surface area contributed by atoms with E-state index in [-0.39, 0.29) is 35.8 Å². The zero-order valence-electron chi connectivity index (χ0n) is 17.8. The maximum Gasteiger partial charge on any atom is 0.191 e. The molecule has 2 aromatic rings. The highest BCUT2D eigenvalue weighted by Gasteiger charge is 2.20. The number of hydrogen-bond acceptors (Lipinski definition) is 4. The van der Waals surface area contributed by atoms with Crippen molar-refractivity contribution >= 4 is 35.6 Å². The topological polar surface area (TPSA) is 57.3 Å². The van der Waals surface area contributed by atoms with Crippen molar-refractivity contribution in [1.82, 2.24) is 9.80 Å². The third-order valence-electron chi connectivity index (χ3n) is 5.32. The highest BCUT2D eigenvalue weighted by atomic mass is 127. The lowest BCUT2D eigenvalue weighted by Gasteiger charge is -2.36. The molecule has 0 spiro atoms. The molecule has 1 atom stereocenters. The number of aliphatic imine (C=N–C) groups is 1. The number of rotatable bonds is 6. The number of nitrogens with two attached hydrogens (primary N) is 1. The monoisotopic (exact) mass is 527 g/mol. The van der Waals surface area contributed by atoms with Gasteiger partial charge in [-0.05, 0) is 56.1 Å². The second-order valence-corrected chi connectivity index (χ2v) is 7.41. The van der Waals surface area contributed by atoms with Crippen LogP contribution in [0.3, 0.4) is 0 Å². The minimum absolute atomic E-state index is 0. The van der Waals surface area contributed by atoms with Crippen molar-refractivity contribution in [2.45, 2.75) is 6.04 Å². The largest absolute Gasteiger partial charge is 0.497 e. The van der Waals surface area contributed by atoms with Gasteiger partial charge in [0.25, 0.3) is 0 Å². The molecular weight excluding hydrogens is 496 g/mol. The van der Waals surface area contributed by atoms with Crippen LogP contribution in [-0.4, -0.2) is 69.7 Å². The van der Waals surface area contributed by atoms with Gasteiger partial charge in [-0.15, -0.1) is 24.0 Å². The number of guanidine groups is 1. The van der Waals surface area contributed by atoms with Crippen LogP contribution in [0.15, 0.2) is 53.5 Å². The van der Waals surface area contributed by atoms with E-state index in [1.807, 2.05) is 44.4 Å². The number of methoxy groups -OCH3 is 1. The van der Waals surface area contributed by atoms with E-state index in [1.54, 1.807) is 7.11 Å². The van der Waals surface area contributed by atoms with Gasteiger partial charge in [0.05, 0.1) is 19.7 Å². The number of piperazine rings is 1. The molecule has 0 amide bonds. The number of benzene rings is 2. The zero-order chi connectivity index (χ0) is 20.8. The van der Waals surface area contributed by atoms with Gasteiger partial charge in [0, 0.05) is 31.9 Å². The van der Waals surface area contributed by atoms with Crippen molar-refractivity contribution in [3.63, 3.8) is 0 Å². The molecule has 1 unspecified atom stereocenters. The summed E-state index contributed by atoms with van der Waals surface area (Å²) in [5.74, 6) is 1.19. The van der Waals surface area contributed by atoms with Crippen LogP contribution < -0.4 is 15.4 Å². The molecule has 0 bridgehead atoms. The van der Waals surface area contributed by atoms with Gasteiger partial charge in [-0.1, -0.05) is 12.1 Å². The molecule has 1 fully saturated rings. The van der Waals surface area contributed by atoms with Crippen molar-refractivity contribution in [2.75, 3.05) is 58.8 Å². The Balaban J connectivity index is 0.00000320. The fourth-order valence-corrected chi connectivity index (χ4v) is 3.54. The number of hydrogen-bond donors (Lipinski definition) is 1. The molecule has 30 heavy (non-hydrogen) atoms. The van der Waals surface area contributed by atoms with Crippen LogP contribution in [0.2, 0.25) is 0 Å². The van der Waals surface area contributed by atoms with Crippen LogP contribution in [0.25, 0.3) is 0 Å². The lowest BCUT2D eigenvalue weighted by Crippen LogP contribution is -2.51. The molecule has 3 rings (SSSR count). The van der Waals surface area contributed by atoms with Crippen molar-refractivity contribution in [2.24, 2.45) is 10.7 Å². The van der Waals surface area contributed by atoms with Crippen LogP contribution in [0, 0.1) is 5.82 Å². The first-order valence-corrected chi connectivity index (χ1v) is 9.83. The molecular formula is C22H31FIN5O. The van der Waals surface area contributed by atoms with Gasteiger partial charge in [-0.3, -0.25) is 4.99 Å². The zero-order valence-corrected chi connectivity index (χ0v) is 20.1. The molecule has 2 aromatic carbocycles. The molecule has 0 saturated carbocycles. The smallest absolute Gasteiger partial charge is 0.191 e. The SMILES string of the molecule is COc1cccc(C(CN=C(N)N2CCN(c3ccc(F)cc3)CC2)N(C)C)c1.I. The van der Waals surface area contributed by atoms with E-state index in [4.69, 9.17) is 10.5 Å². The predicted molar refractivity (Wildman–Crippen MR) is 132 cm³/mol. The van der Waals surface area contributed by atoms with E-state index in [9.17, 15) is 4.39 Å². The second-order valence-electron chi connectivity index (χ2n) is 7.41. The summed E-state index contributed by atoms with van der Waals surface area (Å²) < 4.78 is 18.5. The van der Waals surface area contributed by atoms with Gasteiger partial charge in [-0.2, -0.15) is 0 Å². The lowest BCUT2D eigenvalue weighted by atomic mass is 10.1. The Labute approximate surface area is 195 Å². The average molecular weight is 527 g/mol. The molecule has 0 aromatic heterocycles. The van der Waals surface area contributed by atoms with Crippen LogP contribution in [-0.2, 0) is 0 Å². The Morgan fingerprint density at radius 1 is 1.13 bits per heavy atom. The number of anilines is 1. The van der Waals surface area contributed by atoms with Crippen molar-refractivity contribution in [3.05, 3.63) is 59.9 Å². The predicted octanol–water partition coefficient (Wildman–Crippen LogP) is 3.19. The first kappa shape index (κ1) is 24.2. The second kappa shape index (κ2) is 11.4.